The van der Waals surface area contributed by atoms with E-state index in [-0.39, 0.29) is 0 Å². The molecular weight excluding hydrogens is 224 g/mol. The highest BCUT2D eigenvalue weighted by Crippen LogP contribution is 2.41. The first-order valence-electron chi connectivity index (χ1n) is 6.91. The van der Waals surface area contributed by atoms with Crippen LogP contribution in [0, 0.1) is 5.92 Å². The SMILES string of the molecule is CC1C2CCN1CC(c1noc3ccccc13)C2. The van der Waals surface area contributed by atoms with Gasteiger partial charge in [0.25, 0.3) is 0 Å². The quantitative estimate of drug-likeness (QED) is 0.769. The predicted molar refractivity (Wildman–Crippen MR) is 70.5 cm³/mol. The van der Waals surface area contributed by atoms with Gasteiger partial charge in [-0.15, -0.1) is 0 Å². The topological polar surface area (TPSA) is 29.3 Å². The first kappa shape index (κ1) is 10.6. The number of hydrogen-bond acceptors (Lipinski definition) is 3. The fourth-order valence-corrected chi connectivity index (χ4v) is 3.77. The van der Waals surface area contributed by atoms with E-state index in [0.29, 0.717) is 5.92 Å². The number of para-hydroxylation sites is 1. The van der Waals surface area contributed by atoms with Crippen LogP contribution in [0.25, 0.3) is 11.0 Å². The summed E-state index contributed by atoms with van der Waals surface area (Å²) in [5.41, 5.74) is 2.10. The van der Waals surface area contributed by atoms with E-state index < -0.39 is 0 Å². The molecule has 1 aromatic heterocycles. The van der Waals surface area contributed by atoms with Crippen LogP contribution >= 0.6 is 0 Å². The van der Waals surface area contributed by atoms with Gasteiger partial charge in [0.05, 0.1) is 5.69 Å². The van der Waals surface area contributed by atoms with Gasteiger partial charge in [0.15, 0.2) is 5.58 Å². The molecule has 0 amide bonds. The first-order valence-corrected chi connectivity index (χ1v) is 6.91. The van der Waals surface area contributed by atoms with Crippen LogP contribution in [0.5, 0.6) is 0 Å². The smallest absolute Gasteiger partial charge is 0.167 e. The van der Waals surface area contributed by atoms with Gasteiger partial charge in [0.2, 0.25) is 0 Å². The molecule has 3 heteroatoms. The van der Waals surface area contributed by atoms with Gasteiger partial charge < -0.3 is 4.52 Å². The molecule has 2 aromatic rings. The zero-order valence-electron chi connectivity index (χ0n) is 10.7. The van der Waals surface area contributed by atoms with Gasteiger partial charge in [-0.1, -0.05) is 17.3 Å². The van der Waals surface area contributed by atoms with E-state index in [1.54, 1.807) is 0 Å². The Kier molecular flexibility index (Phi) is 2.24. The molecule has 0 aliphatic carbocycles. The Morgan fingerprint density at radius 1 is 1.33 bits per heavy atom. The summed E-state index contributed by atoms with van der Waals surface area (Å²) >= 11 is 0. The van der Waals surface area contributed by atoms with Gasteiger partial charge in [0.1, 0.15) is 0 Å². The Bertz CT molecular complexity index is 563. The molecule has 4 rings (SSSR count). The molecule has 0 N–H and O–H groups in total. The summed E-state index contributed by atoms with van der Waals surface area (Å²) < 4.78 is 5.45. The summed E-state index contributed by atoms with van der Waals surface area (Å²) in [5.74, 6) is 1.40. The predicted octanol–water partition coefficient (Wildman–Crippen LogP) is 3.03. The van der Waals surface area contributed by atoms with Crippen molar-refractivity contribution in [2.75, 3.05) is 13.1 Å². The molecule has 2 aliphatic rings. The summed E-state index contributed by atoms with van der Waals surface area (Å²) in [6.07, 6.45) is 2.63. The molecule has 2 bridgehead atoms. The van der Waals surface area contributed by atoms with E-state index in [1.807, 2.05) is 12.1 Å². The third kappa shape index (κ3) is 1.43. The molecule has 2 fully saturated rings. The Morgan fingerprint density at radius 2 is 2.22 bits per heavy atom. The second-order valence-corrected chi connectivity index (χ2v) is 5.78. The molecule has 3 heterocycles. The molecular formula is C15H18N2O. The number of benzene rings is 1. The molecule has 2 aliphatic heterocycles. The van der Waals surface area contributed by atoms with Gasteiger partial charge in [-0.3, -0.25) is 4.90 Å². The zero-order chi connectivity index (χ0) is 12.1. The molecule has 1 aromatic carbocycles. The molecule has 0 spiro atoms. The summed E-state index contributed by atoms with van der Waals surface area (Å²) in [6, 6.07) is 8.99. The van der Waals surface area contributed by atoms with E-state index in [1.165, 1.54) is 30.5 Å². The van der Waals surface area contributed by atoms with Crippen LogP contribution < -0.4 is 0 Å². The van der Waals surface area contributed by atoms with E-state index in [4.69, 9.17) is 4.52 Å². The lowest BCUT2D eigenvalue weighted by atomic mass is 9.84. The van der Waals surface area contributed by atoms with E-state index in [0.717, 1.165) is 24.1 Å². The molecule has 0 radical (unpaired) electrons. The van der Waals surface area contributed by atoms with Crippen LogP contribution in [0.15, 0.2) is 28.8 Å². The van der Waals surface area contributed by atoms with Crippen LogP contribution in [0.3, 0.4) is 0 Å². The largest absolute Gasteiger partial charge is 0.356 e. The van der Waals surface area contributed by atoms with Gasteiger partial charge in [-0.05, 0) is 44.4 Å². The number of fused-ring (bicyclic) bond motifs is 3. The molecule has 4 unspecified atom stereocenters. The number of nitrogens with zero attached hydrogens (tertiary/aromatic N) is 2. The second kappa shape index (κ2) is 3.82. The molecule has 4 atom stereocenters. The number of aromatic nitrogens is 1. The summed E-state index contributed by atoms with van der Waals surface area (Å²) in [4.78, 5) is 2.61. The molecule has 2 saturated heterocycles. The van der Waals surface area contributed by atoms with Crippen molar-refractivity contribution in [1.29, 1.82) is 0 Å². The molecule has 94 valence electrons. The lowest BCUT2D eigenvalue weighted by Crippen LogP contribution is -2.39. The van der Waals surface area contributed by atoms with Crippen molar-refractivity contribution in [3.8, 4) is 0 Å². The number of piperidine rings is 1. The summed E-state index contributed by atoms with van der Waals surface area (Å²) in [6.45, 7) is 4.78. The third-order valence-corrected chi connectivity index (χ3v) is 4.88. The van der Waals surface area contributed by atoms with Crippen molar-refractivity contribution in [2.45, 2.75) is 31.7 Å². The average molecular weight is 242 g/mol. The van der Waals surface area contributed by atoms with Crippen molar-refractivity contribution in [2.24, 2.45) is 5.92 Å². The molecule has 0 saturated carbocycles. The van der Waals surface area contributed by atoms with Crippen molar-refractivity contribution >= 4 is 11.0 Å². The third-order valence-electron chi connectivity index (χ3n) is 4.88. The van der Waals surface area contributed by atoms with Gasteiger partial charge in [-0.2, -0.15) is 0 Å². The zero-order valence-corrected chi connectivity index (χ0v) is 10.7. The Morgan fingerprint density at radius 3 is 3.11 bits per heavy atom. The maximum Gasteiger partial charge on any atom is 0.167 e. The lowest BCUT2D eigenvalue weighted by Gasteiger charge is -2.34. The first-order chi connectivity index (χ1) is 8.83. The Labute approximate surface area is 107 Å². The van der Waals surface area contributed by atoms with Crippen molar-refractivity contribution in [3.05, 3.63) is 30.0 Å². The summed E-state index contributed by atoms with van der Waals surface area (Å²) in [5, 5.41) is 5.55. The summed E-state index contributed by atoms with van der Waals surface area (Å²) in [7, 11) is 0. The average Bonchev–Trinajstić information content (AvgIpc) is 2.88. The fourth-order valence-electron chi connectivity index (χ4n) is 3.77. The van der Waals surface area contributed by atoms with E-state index in [2.05, 4.69) is 29.1 Å². The van der Waals surface area contributed by atoms with Gasteiger partial charge in [-0.25, -0.2) is 0 Å². The van der Waals surface area contributed by atoms with Crippen LogP contribution in [0.1, 0.15) is 31.4 Å². The van der Waals surface area contributed by atoms with Crippen LogP contribution in [-0.2, 0) is 0 Å². The van der Waals surface area contributed by atoms with E-state index in [9.17, 15) is 0 Å². The second-order valence-electron chi connectivity index (χ2n) is 5.78. The van der Waals surface area contributed by atoms with Crippen LogP contribution in [0.2, 0.25) is 0 Å². The van der Waals surface area contributed by atoms with Crippen LogP contribution in [0.4, 0.5) is 0 Å². The minimum Gasteiger partial charge on any atom is -0.356 e. The monoisotopic (exact) mass is 242 g/mol. The maximum absolute atomic E-state index is 5.45. The lowest BCUT2D eigenvalue weighted by molar-refractivity contribution is 0.168. The fraction of sp³-hybridized carbons (Fsp3) is 0.533. The van der Waals surface area contributed by atoms with Crippen LogP contribution in [-0.4, -0.2) is 29.2 Å². The Hall–Kier alpha value is -1.35. The van der Waals surface area contributed by atoms with Gasteiger partial charge in [0, 0.05) is 23.9 Å². The van der Waals surface area contributed by atoms with Crippen molar-refractivity contribution < 1.29 is 4.52 Å². The minimum absolute atomic E-state index is 0.553. The standard InChI is InChI=1S/C15H18N2O/c1-10-11-6-7-17(10)9-12(8-11)15-13-4-2-3-5-14(13)18-16-15/h2-5,10-12H,6-9H2,1H3. The van der Waals surface area contributed by atoms with Crippen molar-refractivity contribution in [1.82, 2.24) is 10.1 Å². The molecule has 3 nitrogen and oxygen atoms in total. The minimum atomic E-state index is 0.553. The van der Waals surface area contributed by atoms with Crippen molar-refractivity contribution in [3.63, 3.8) is 0 Å². The highest BCUT2D eigenvalue weighted by molar-refractivity contribution is 5.79. The highest BCUT2D eigenvalue weighted by Gasteiger charge is 2.40. The Balaban J connectivity index is 1.72. The number of hydrogen-bond donors (Lipinski definition) is 0. The number of rotatable bonds is 1. The van der Waals surface area contributed by atoms with E-state index >= 15 is 0 Å². The molecule has 18 heavy (non-hydrogen) atoms. The highest BCUT2D eigenvalue weighted by atomic mass is 16.5. The van der Waals surface area contributed by atoms with Gasteiger partial charge >= 0.3 is 0 Å². The normalized spacial score (nSPS) is 35.2. The maximum atomic E-state index is 5.45.